The van der Waals surface area contributed by atoms with Crippen molar-refractivity contribution in [3.8, 4) is 0 Å². The lowest BCUT2D eigenvalue weighted by atomic mass is 10.0. The molecule has 0 aliphatic heterocycles. The summed E-state index contributed by atoms with van der Waals surface area (Å²) in [6.07, 6.45) is 3.68. The average molecular weight is 308 g/mol. The lowest BCUT2D eigenvalue weighted by molar-refractivity contribution is 0.639. The second kappa shape index (κ2) is 7.82. The van der Waals surface area contributed by atoms with Crippen LogP contribution in [0.3, 0.4) is 0 Å². The van der Waals surface area contributed by atoms with Crippen LogP contribution in [-0.2, 0) is 6.42 Å². The maximum absolute atomic E-state index is 6.07. The zero-order chi connectivity index (χ0) is 14.4. The fourth-order valence-electron chi connectivity index (χ4n) is 2.33. The van der Waals surface area contributed by atoms with Gasteiger partial charge in [-0.05, 0) is 42.6 Å². The third-order valence-corrected chi connectivity index (χ3v) is 4.71. The van der Waals surface area contributed by atoms with Crippen molar-refractivity contribution in [2.75, 3.05) is 6.54 Å². The van der Waals surface area contributed by atoms with E-state index in [2.05, 4.69) is 49.5 Å². The number of thiophene rings is 1. The molecule has 1 nitrogen and oxygen atoms in total. The van der Waals surface area contributed by atoms with E-state index in [0.29, 0.717) is 0 Å². The third-order valence-electron chi connectivity index (χ3n) is 3.42. The number of unbranched alkanes of at least 4 members (excludes halogenated alkanes) is 1. The molecule has 0 fully saturated rings. The van der Waals surface area contributed by atoms with Gasteiger partial charge in [-0.15, -0.1) is 11.3 Å². The van der Waals surface area contributed by atoms with Crippen molar-refractivity contribution in [1.29, 1.82) is 0 Å². The van der Waals surface area contributed by atoms with E-state index < -0.39 is 0 Å². The van der Waals surface area contributed by atoms with Gasteiger partial charge in [-0.1, -0.05) is 56.1 Å². The van der Waals surface area contributed by atoms with E-state index in [0.717, 1.165) is 10.9 Å². The van der Waals surface area contributed by atoms with Crippen LogP contribution in [0.25, 0.3) is 0 Å². The van der Waals surface area contributed by atoms with Gasteiger partial charge < -0.3 is 5.32 Å². The van der Waals surface area contributed by atoms with E-state index in [1.807, 2.05) is 6.07 Å². The van der Waals surface area contributed by atoms with E-state index in [-0.39, 0.29) is 6.04 Å². The van der Waals surface area contributed by atoms with Gasteiger partial charge in [-0.2, -0.15) is 0 Å². The molecular weight excluding hydrogens is 286 g/mol. The highest BCUT2D eigenvalue weighted by Gasteiger charge is 2.14. The van der Waals surface area contributed by atoms with Crippen molar-refractivity contribution < 1.29 is 0 Å². The van der Waals surface area contributed by atoms with E-state index in [1.54, 1.807) is 11.3 Å². The van der Waals surface area contributed by atoms with Crippen LogP contribution in [0.1, 0.15) is 48.7 Å². The molecule has 108 valence electrons. The van der Waals surface area contributed by atoms with Crippen molar-refractivity contribution in [2.24, 2.45) is 0 Å². The van der Waals surface area contributed by atoms with Crippen molar-refractivity contribution in [3.63, 3.8) is 0 Å². The fourth-order valence-corrected chi connectivity index (χ4v) is 3.49. The number of nitrogens with one attached hydrogen (secondary N) is 1. The summed E-state index contributed by atoms with van der Waals surface area (Å²) < 4.78 is 0.850. The molecule has 0 spiro atoms. The quantitative estimate of drug-likeness (QED) is 0.718. The largest absolute Gasteiger partial charge is 0.306 e. The predicted octanol–water partition coefficient (Wildman–Crippen LogP) is 5.44. The van der Waals surface area contributed by atoms with Crippen LogP contribution < -0.4 is 5.32 Å². The molecule has 0 saturated carbocycles. The molecule has 3 heteroatoms. The van der Waals surface area contributed by atoms with Crippen molar-refractivity contribution in [2.45, 2.75) is 39.2 Å². The lowest BCUT2D eigenvalue weighted by Gasteiger charge is -2.17. The molecule has 1 aromatic carbocycles. The summed E-state index contributed by atoms with van der Waals surface area (Å²) >= 11 is 7.72. The highest BCUT2D eigenvalue weighted by Crippen LogP contribution is 2.31. The Bertz CT molecular complexity index is 518. The van der Waals surface area contributed by atoms with Gasteiger partial charge in [0.05, 0.1) is 10.4 Å². The SMILES string of the molecule is CCCCc1ccc(C(NCC)c2ccc(Cl)s2)cc1. The Balaban J connectivity index is 2.17. The topological polar surface area (TPSA) is 12.0 Å². The van der Waals surface area contributed by atoms with Crippen LogP contribution in [0, 0.1) is 0 Å². The molecule has 1 unspecified atom stereocenters. The molecule has 1 N–H and O–H groups in total. The Kier molecular flexibility index (Phi) is 6.08. The van der Waals surface area contributed by atoms with Crippen LogP contribution in [0.4, 0.5) is 0 Å². The molecule has 1 aromatic heterocycles. The zero-order valence-corrected chi connectivity index (χ0v) is 13.7. The summed E-state index contributed by atoms with van der Waals surface area (Å²) in [5.41, 5.74) is 2.74. The van der Waals surface area contributed by atoms with E-state index >= 15 is 0 Å². The summed E-state index contributed by atoms with van der Waals surface area (Å²) in [5, 5.41) is 3.54. The molecular formula is C17H22ClNS. The Morgan fingerprint density at radius 1 is 1.10 bits per heavy atom. The standard InChI is InChI=1S/C17H22ClNS/c1-3-5-6-13-7-9-14(10-8-13)17(19-4-2)15-11-12-16(18)20-15/h7-12,17,19H,3-6H2,1-2H3. The lowest BCUT2D eigenvalue weighted by Crippen LogP contribution is -2.21. The second-order valence-electron chi connectivity index (χ2n) is 4.98. The fraction of sp³-hybridized carbons (Fsp3) is 0.412. The molecule has 1 heterocycles. The van der Waals surface area contributed by atoms with Gasteiger partial charge in [-0.25, -0.2) is 0 Å². The van der Waals surface area contributed by atoms with Gasteiger partial charge >= 0.3 is 0 Å². The highest BCUT2D eigenvalue weighted by atomic mass is 35.5. The summed E-state index contributed by atoms with van der Waals surface area (Å²) in [6, 6.07) is 13.3. The number of benzene rings is 1. The van der Waals surface area contributed by atoms with Crippen molar-refractivity contribution >= 4 is 22.9 Å². The van der Waals surface area contributed by atoms with Gasteiger partial charge in [0, 0.05) is 4.88 Å². The molecule has 20 heavy (non-hydrogen) atoms. The smallest absolute Gasteiger partial charge is 0.0931 e. The predicted molar refractivity (Wildman–Crippen MR) is 89.9 cm³/mol. The number of halogens is 1. The maximum atomic E-state index is 6.07. The molecule has 2 rings (SSSR count). The van der Waals surface area contributed by atoms with Gasteiger partial charge in [0.1, 0.15) is 0 Å². The van der Waals surface area contributed by atoms with Crippen molar-refractivity contribution in [1.82, 2.24) is 5.32 Å². The summed E-state index contributed by atoms with van der Waals surface area (Å²) in [5.74, 6) is 0. The van der Waals surface area contributed by atoms with Crippen LogP contribution in [-0.4, -0.2) is 6.54 Å². The molecule has 0 amide bonds. The Hall–Kier alpha value is -0.830. The average Bonchev–Trinajstić information content (AvgIpc) is 2.89. The number of aryl methyl sites for hydroxylation is 1. The first kappa shape index (κ1) is 15.6. The zero-order valence-electron chi connectivity index (χ0n) is 12.2. The highest BCUT2D eigenvalue weighted by molar-refractivity contribution is 7.16. The number of hydrogen-bond acceptors (Lipinski definition) is 2. The van der Waals surface area contributed by atoms with E-state index in [4.69, 9.17) is 11.6 Å². The normalized spacial score (nSPS) is 12.6. The molecule has 2 aromatic rings. The molecule has 0 radical (unpaired) electrons. The minimum atomic E-state index is 0.248. The first-order valence-electron chi connectivity index (χ1n) is 7.32. The van der Waals surface area contributed by atoms with Crippen LogP contribution in [0.5, 0.6) is 0 Å². The molecule has 1 atom stereocenters. The van der Waals surface area contributed by atoms with Crippen LogP contribution in [0.15, 0.2) is 36.4 Å². The third kappa shape index (κ3) is 4.08. The van der Waals surface area contributed by atoms with Crippen LogP contribution in [0.2, 0.25) is 4.34 Å². The molecule has 0 bridgehead atoms. The first-order chi connectivity index (χ1) is 9.74. The minimum absolute atomic E-state index is 0.248. The maximum Gasteiger partial charge on any atom is 0.0931 e. The van der Waals surface area contributed by atoms with E-state index in [1.165, 1.54) is 35.3 Å². The van der Waals surface area contributed by atoms with Gasteiger partial charge in [0.15, 0.2) is 0 Å². The van der Waals surface area contributed by atoms with Gasteiger partial charge in [0.25, 0.3) is 0 Å². The Morgan fingerprint density at radius 3 is 2.40 bits per heavy atom. The van der Waals surface area contributed by atoms with Gasteiger partial charge in [0.2, 0.25) is 0 Å². The summed E-state index contributed by atoms with van der Waals surface area (Å²) in [4.78, 5) is 1.28. The van der Waals surface area contributed by atoms with Crippen molar-refractivity contribution in [3.05, 3.63) is 56.7 Å². The summed E-state index contributed by atoms with van der Waals surface area (Å²) in [7, 11) is 0. The Labute approximate surface area is 131 Å². The molecule has 0 saturated heterocycles. The number of hydrogen-bond donors (Lipinski definition) is 1. The van der Waals surface area contributed by atoms with E-state index in [9.17, 15) is 0 Å². The number of rotatable bonds is 7. The monoisotopic (exact) mass is 307 g/mol. The molecule has 0 aliphatic rings. The minimum Gasteiger partial charge on any atom is -0.306 e. The Morgan fingerprint density at radius 2 is 1.85 bits per heavy atom. The first-order valence-corrected chi connectivity index (χ1v) is 8.51. The molecule has 0 aliphatic carbocycles. The van der Waals surface area contributed by atoms with Crippen LogP contribution >= 0.6 is 22.9 Å². The second-order valence-corrected chi connectivity index (χ2v) is 6.72. The van der Waals surface area contributed by atoms with Gasteiger partial charge in [-0.3, -0.25) is 0 Å². The summed E-state index contributed by atoms with van der Waals surface area (Å²) in [6.45, 7) is 5.31.